The fourth-order valence-corrected chi connectivity index (χ4v) is 4.78. The summed E-state index contributed by atoms with van der Waals surface area (Å²) in [7, 11) is 1.54. The molecule has 0 radical (unpaired) electrons. The molecular formula is C28H22FN3O3S. The minimum atomic E-state index is -0.791. The van der Waals surface area contributed by atoms with Crippen LogP contribution in [0, 0.1) is 17.1 Å². The standard InChI is InChI=1S/C28H22FN3O3S/c1-35-24-14-8-5-11-20(24)17-25-27(34)32(16-15-19-9-3-2-4-10-19)28(36-25)21(18-30)26(33)31-23-13-7-6-12-22(23)29/h2-14,17H,15-16H2,1H3,(H,31,33). The van der Waals surface area contributed by atoms with E-state index in [0.29, 0.717) is 22.3 Å². The van der Waals surface area contributed by atoms with Crippen LogP contribution in [0.3, 0.4) is 0 Å². The summed E-state index contributed by atoms with van der Waals surface area (Å²) in [6, 6.07) is 24.4. The lowest BCUT2D eigenvalue weighted by Crippen LogP contribution is -2.34. The second-order valence-corrected chi connectivity index (χ2v) is 8.80. The van der Waals surface area contributed by atoms with Crippen molar-refractivity contribution in [2.45, 2.75) is 13.0 Å². The van der Waals surface area contributed by atoms with Crippen molar-refractivity contribution in [1.29, 1.82) is 5.26 Å². The number of aryl methyl sites for hydroxylation is 1. The number of hydrogen-bond donors (Lipinski definition) is 1. The molecule has 0 spiro atoms. The van der Waals surface area contributed by atoms with Gasteiger partial charge in [-0.15, -0.1) is 11.3 Å². The highest BCUT2D eigenvalue weighted by molar-refractivity contribution is 7.07. The molecule has 0 saturated heterocycles. The maximum absolute atomic E-state index is 14.1. The molecule has 1 aromatic heterocycles. The molecule has 1 heterocycles. The number of halogens is 1. The van der Waals surface area contributed by atoms with Crippen LogP contribution in [0.25, 0.3) is 11.6 Å². The van der Waals surface area contributed by atoms with E-state index in [1.165, 1.54) is 22.8 Å². The van der Waals surface area contributed by atoms with Gasteiger partial charge in [0.1, 0.15) is 22.3 Å². The Morgan fingerprint density at radius 1 is 1.08 bits per heavy atom. The van der Waals surface area contributed by atoms with Gasteiger partial charge in [-0.3, -0.25) is 14.2 Å². The largest absolute Gasteiger partial charge is 0.496 e. The maximum Gasteiger partial charge on any atom is 0.269 e. The van der Waals surface area contributed by atoms with Crippen LogP contribution in [-0.2, 0) is 17.8 Å². The van der Waals surface area contributed by atoms with Crippen molar-refractivity contribution in [3.05, 3.63) is 115 Å². The third kappa shape index (κ3) is 5.43. The third-order valence-corrected chi connectivity index (χ3v) is 6.61. The summed E-state index contributed by atoms with van der Waals surface area (Å²) >= 11 is 1.04. The zero-order valence-electron chi connectivity index (χ0n) is 19.4. The Balaban J connectivity index is 1.86. The number of aromatic nitrogens is 1. The molecule has 4 aromatic rings. The highest BCUT2D eigenvalue weighted by Crippen LogP contribution is 2.17. The molecule has 8 heteroatoms. The molecule has 0 aliphatic heterocycles. The lowest BCUT2D eigenvalue weighted by molar-refractivity contribution is -0.111. The molecule has 0 unspecified atom stereocenters. The van der Waals surface area contributed by atoms with Crippen molar-refractivity contribution >= 4 is 34.6 Å². The Morgan fingerprint density at radius 3 is 2.50 bits per heavy atom. The number of anilines is 1. The third-order valence-electron chi connectivity index (χ3n) is 5.47. The van der Waals surface area contributed by atoms with Crippen molar-refractivity contribution in [1.82, 2.24) is 4.57 Å². The Labute approximate surface area is 210 Å². The zero-order chi connectivity index (χ0) is 25.5. The van der Waals surface area contributed by atoms with Crippen LogP contribution in [0.2, 0.25) is 0 Å². The van der Waals surface area contributed by atoms with Gasteiger partial charge in [0.2, 0.25) is 0 Å². The number of para-hydroxylation sites is 2. The number of ether oxygens (including phenoxy) is 1. The van der Waals surface area contributed by atoms with Gasteiger partial charge in [-0.1, -0.05) is 60.7 Å². The van der Waals surface area contributed by atoms with Gasteiger partial charge < -0.3 is 10.1 Å². The van der Waals surface area contributed by atoms with E-state index in [0.717, 1.165) is 16.9 Å². The molecule has 1 amide bonds. The first-order valence-corrected chi connectivity index (χ1v) is 11.9. The van der Waals surface area contributed by atoms with Crippen LogP contribution in [0.1, 0.15) is 11.1 Å². The van der Waals surface area contributed by atoms with Crippen molar-refractivity contribution in [2.24, 2.45) is 0 Å². The number of nitrogens with one attached hydrogen (secondary N) is 1. The minimum Gasteiger partial charge on any atom is -0.496 e. The molecule has 0 saturated carbocycles. The van der Waals surface area contributed by atoms with Crippen LogP contribution < -0.4 is 24.8 Å². The first-order chi connectivity index (χ1) is 17.5. The lowest BCUT2D eigenvalue weighted by Gasteiger charge is -2.06. The highest BCUT2D eigenvalue weighted by Gasteiger charge is 2.17. The molecule has 0 fully saturated rings. The number of nitriles is 1. The molecule has 0 atom stereocenters. The van der Waals surface area contributed by atoms with E-state index in [1.807, 2.05) is 54.6 Å². The van der Waals surface area contributed by atoms with Crippen LogP contribution in [0.15, 0.2) is 83.7 Å². The number of hydrogen-bond acceptors (Lipinski definition) is 5. The number of nitrogens with zero attached hydrogens (tertiary/aromatic N) is 2. The van der Waals surface area contributed by atoms with E-state index in [1.54, 1.807) is 25.3 Å². The average molecular weight is 500 g/mol. The van der Waals surface area contributed by atoms with Crippen molar-refractivity contribution < 1.29 is 13.9 Å². The second kappa shape index (κ2) is 11.3. The van der Waals surface area contributed by atoms with Gasteiger partial charge in [0.05, 0.1) is 17.3 Å². The molecule has 1 N–H and O–H groups in total. The Morgan fingerprint density at radius 2 is 1.78 bits per heavy atom. The molecule has 36 heavy (non-hydrogen) atoms. The smallest absolute Gasteiger partial charge is 0.269 e. The Hall–Kier alpha value is -4.48. The number of thiazole rings is 1. The Bertz CT molecular complexity index is 1620. The molecule has 180 valence electrons. The van der Waals surface area contributed by atoms with E-state index in [9.17, 15) is 19.2 Å². The van der Waals surface area contributed by atoms with Gasteiger partial charge in [-0.2, -0.15) is 5.26 Å². The summed E-state index contributed by atoms with van der Waals surface area (Å²) < 4.78 is 21.5. The van der Waals surface area contributed by atoms with E-state index < -0.39 is 11.7 Å². The topological polar surface area (TPSA) is 84.1 Å². The average Bonchev–Trinajstić information content (AvgIpc) is 3.20. The predicted octanol–water partition coefficient (Wildman–Crippen LogP) is 3.44. The fourth-order valence-electron chi connectivity index (χ4n) is 3.66. The second-order valence-electron chi connectivity index (χ2n) is 7.77. The fraction of sp³-hybridized carbons (Fsp3) is 0.107. The number of benzene rings is 3. The maximum atomic E-state index is 14.1. The molecule has 6 nitrogen and oxygen atoms in total. The monoisotopic (exact) mass is 499 g/mol. The van der Waals surface area contributed by atoms with E-state index >= 15 is 0 Å². The van der Waals surface area contributed by atoms with Crippen LogP contribution in [0.5, 0.6) is 5.75 Å². The molecule has 0 aliphatic carbocycles. The number of amides is 1. The molecular weight excluding hydrogens is 477 g/mol. The first kappa shape index (κ1) is 24.6. The number of carbonyl (C=O) groups is 1. The van der Waals surface area contributed by atoms with Crippen LogP contribution in [0.4, 0.5) is 10.1 Å². The van der Waals surface area contributed by atoms with Crippen LogP contribution >= 0.6 is 11.3 Å². The highest BCUT2D eigenvalue weighted by atomic mass is 32.1. The minimum absolute atomic E-state index is 0.0502. The van der Waals surface area contributed by atoms with Crippen molar-refractivity contribution in [3.8, 4) is 11.8 Å². The summed E-state index contributed by atoms with van der Waals surface area (Å²) in [5.74, 6) is -0.827. The number of rotatable bonds is 7. The van der Waals surface area contributed by atoms with Gasteiger partial charge in [-0.25, -0.2) is 4.39 Å². The Kier molecular flexibility index (Phi) is 7.73. The van der Waals surface area contributed by atoms with Crippen molar-refractivity contribution in [3.63, 3.8) is 0 Å². The lowest BCUT2D eigenvalue weighted by atomic mass is 10.1. The SMILES string of the molecule is COc1ccccc1C=c1sc(=C(C#N)C(=O)Nc2ccccc2F)n(CCc2ccccc2)c1=O. The van der Waals surface area contributed by atoms with E-state index in [4.69, 9.17) is 4.74 Å². The quantitative estimate of drug-likeness (QED) is 0.422. The normalized spacial score (nSPS) is 12.1. The molecule has 4 rings (SSSR count). The van der Waals surface area contributed by atoms with Crippen LogP contribution in [-0.4, -0.2) is 17.6 Å². The number of methoxy groups -OCH3 is 1. The van der Waals surface area contributed by atoms with Crippen molar-refractivity contribution in [2.75, 3.05) is 12.4 Å². The summed E-state index contributed by atoms with van der Waals surface area (Å²) in [4.78, 5) is 26.5. The molecule has 0 aliphatic rings. The first-order valence-electron chi connectivity index (χ1n) is 11.1. The summed E-state index contributed by atoms with van der Waals surface area (Å²) in [5.41, 5.74) is 1.04. The van der Waals surface area contributed by atoms with Gasteiger partial charge in [0.15, 0.2) is 5.57 Å². The summed E-state index contributed by atoms with van der Waals surface area (Å²) in [6.45, 7) is 0.257. The molecule has 0 bridgehead atoms. The van der Waals surface area contributed by atoms with Gasteiger partial charge in [0.25, 0.3) is 11.5 Å². The van der Waals surface area contributed by atoms with Gasteiger partial charge >= 0.3 is 0 Å². The van der Waals surface area contributed by atoms with E-state index in [-0.39, 0.29) is 28.0 Å². The summed E-state index contributed by atoms with van der Waals surface area (Å²) in [6.07, 6.45) is 2.20. The molecule has 3 aromatic carbocycles. The van der Waals surface area contributed by atoms with Gasteiger partial charge in [-0.05, 0) is 36.3 Å². The van der Waals surface area contributed by atoms with E-state index in [2.05, 4.69) is 5.32 Å². The number of carbonyl (C=O) groups excluding carboxylic acids is 1. The summed E-state index contributed by atoms with van der Waals surface area (Å²) in [5, 5.41) is 12.3. The zero-order valence-corrected chi connectivity index (χ0v) is 20.2. The predicted molar refractivity (Wildman–Crippen MR) is 139 cm³/mol. The van der Waals surface area contributed by atoms with Gasteiger partial charge in [0, 0.05) is 12.1 Å².